The molecule has 0 amide bonds. The zero-order chi connectivity index (χ0) is 23.2. The van der Waals surface area contributed by atoms with Gasteiger partial charge in [-0.2, -0.15) is 8.78 Å². The van der Waals surface area contributed by atoms with Crippen molar-refractivity contribution in [3.63, 3.8) is 0 Å². The Balaban J connectivity index is 1.30. The maximum atomic E-state index is 12.5. The Labute approximate surface area is 194 Å². The molecule has 176 valence electrons. The first-order valence-electron chi connectivity index (χ1n) is 12.0. The van der Waals surface area contributed by atoms with E-state index in [9.17, 15) is 13.6 Å². The molecule has 2 fully saturated rings. The summed E-state index contributed by atoms with van der Waals surface area (Å²) in [5.74, 6) is 2.97. The lowest BCUT2D eigenvalue weighted by atomic mass is 9.63. The molecule has 2 aliphatic carbocycles. The predicted octanol–water partition coefficient (Wildman–Crippen LogP) is 7.77. The third kappa shape index (κ3) is 6.21. The van der Waals surface area contributed by atoms with Crippen molar-refractivity contribution in [1.29, 1.82) is 0 Å². The first kappa shape index (κ1) is 23.5. The van der Waals surface area contributed by atoms with Gasteiger partial charge in [-0.1, -0.05) is 24.6 Å². The van der Waals surface area contributed by atoms with Crippen LogP contribution in [0.2, 0.25) is 0 Å². The number of halogens is 2. The van der Waals surface area contributed by atoms with Gasteiger partial charge in [0.1, 0.15) is 11.5 Å². The van der Waals surface area contributed by atoms with Gasteiger partial charge in [0.15, 0.2) is 0 Å². The van der Waals surface area contributed by atoms with Crippen LogP contribution in [0.5, 0.6) is 11.5 Å². The molecular formula is C28H32F2O3. The summed E-state index contributed by atoms with van der Waals surface area (Å²) < 4.78 is 34.2. The van der Waals surface area contributed by atoms with Crippen LogP contribution in [-0.4, -0.2) is 12.6 Å². The molecule has 0 aliphatic heterocycles. The van der Waals surface area contributed by atoms with Gasteiger partial charge in [-0.3, -0.25) is 0 Å². The summed E-state index contributed by atoms with van der Waals surface area (Å²) in [4.78, 5) is 12.5. The minimum atomic E-state index is -2.88. The van der Waals surface area contributed by atoms with E-state index in [1.807, 2.05) is 18.2 Å². The normalized spacial score (nSPS) is 24.7. The van der Waals surface area contributed by atoms with Crippen molar-refractivity contribution >= 4 is 5.97 Å². The lowest BCUT2D eigenvalue weighted by molar-refractivity contribution is -0.0498. The highest BCUT2D eigenvalue weighted by Crippen LogP contribution is 2.48. The molecule has 4 atom stereocenters. The number of benzene rings is 2. The van der Waals surface area contributed by atoms with Gasteiger partial charge in [0, 0.05) is 0 Å². The molecular weight excluding hydrogens is 422 g/mol. The van der Waals surface area contributed by atoms with Crippen LogP contribution in [0.25, 0.3) is 0 Å². The smallest absolute Gasteiger partial charge is 0.387 e. The van der Waals surface area contributed by atoms with Crippen molar-refractivity contribution in [2.75, 3.05) is 0 Å². The topological polar surface area (TPSA) is 35.5 Å². The largest absolute Gasteiger partial charge is 0.435 e. The van der Waals surface area contributed by atoms with Gasteiger partial charge >= 0.3 is 12.6 Å². The summed E-state index contributed by atoms with van der Waals surface area (Å²) in [5.41, 5.74) is 1.77. The maximum absolute atomic E-state index is 12.5. The molecule has 33 heavy (non-hydrogen) atoms. The second-order valence-corrected chi connectivity index (χ2v) is 9.44. The summed E-state index contributed by atoms with van der Waals surface area (Å²) in [5, 5.41) is 0. The minimum absolute atomic E-state index is 0.0223. The second kappa shape index (κ2) is 11.0. The minimum Gasteiger partial charge on any atom is -0.435 e. The van der Waals surface area contributed by atoms with E-state index < -0.39 is 12.6 Å². The SMILES string of the molecule is C=CCCC1CCC2CC(c3ccc(C(=O)Oc4ccc(OC(F)F)cc4)cc3)CCC2C1. The van der Waals surface area contributed by atoms with Gasteiger partial charge in [0.2, 0.25) is 0 Å². The zero-order valence-electron chi connectivity index (χ0n) is 18.9. The van der Waals surface area contributed by atoms with E-state index in [-0.39, 0.29) is 11.5 Å². The highest BCUT2D eigenvalue weighted by atomic mass is 19.3. The quantitative estimate of drug-likeness (QED) is 0.232. The number of esters is 1. The molecule has 2 aliphatic rings. The Morgan fingerprint density at radius 2 is 1.61 bits per heavy atom. The van der Waals surface area contributed by atoms with Crippen molar-refractivity contribution in [2.24, 2.45) is 17.8 Å². The van der Waals surface area contributed by atoms with Gasteiger partial charge in [0.05, 0.1) is 5.56 Å². The molecule has 0 radical (unpaired) electrons. The Kier molecular flexibility index (Phi) is 7.79. The molecule has 0 aromatic heterocycles. The van der Waals surface area contributed by atoms with E-state index in [4.69, 9.17) is 4.74 Å². The number of ether oxygens (including phenoxy) is 2. The van der Waals surface area contributed by atoms with Crippen LogP contribution in [0.4, 0.5) is 8.78 Å². The molecule has 5 heteroatoms. The van der Waals surface area contributed by atoms with Crippen LogP contribution in [-0.2, 0) is 0 Å². The maximum Gasteiger partial charge on any atom is 0.387 e. The third-order valence-electron chi connectivity index (χ3n) is 7.38. The number of hydrogen-bond acceptors (Lipinski definition) is 3. The number of allylic oxidation sites excluding steroid dienone is 1. The van der Waals surface area contributed by atoms with Crippen LogP contribution in [0.3, 0.4) is 0 Å². The molecule has 3 nitrogen and oxygen atoms in total. The van der Waals surface area contributed by atoms with E-state index in [1.165, 1.54) is 74.8 Å². The number of rotatable bonds is 8. The summed E-state index contributed by atoms with van der Waals surface area (Å²) in [6.45, 7) is 0.978. The lowest BCUT2D eigenvalue weighted by Gasteiger charge is -2.42. The molecule has 0 N–H and O–H groups in total. The van der Waals surface area contributed by atoms with Crippen LogP contribution in [0, 0.1) is 17.8 Å². The molecule has 2 saturated carbocycles. The van der Waals surface area contributed by atoms with Crippen LogP contribution in [0.1, 0.15) is 73.2 Å². The Morgan fingerprint density at radius 1 is 0.939 bits per heavy atom. The van der Waals surface area contributed by atoms with Crippen molar-refractivity contribution in [1.82, 2.24) is 0 Å². The van der Waals surface area contributed by atoms with Crippen molar-refractivity contribution in [3.05, 3.63) is 72.3 Å². The van der Waals surface area contributed by atoms with Crippen LogP contribution >= 0.6 is 0 Å². The summed E-state index contributed by atoms with van der Waals surface area (Å²) in [7, 11) is 0. The van der Waals surface area contributed by atoms with Gasteiger partial charge < -0.3 is 9.47 Å². The fourth-order valence-corrected chi connectivity index (χ4v) is 5.65. The Morgan fingerprint density at radius 3 is 2.30 bits per heavy atom. The first-order valence-corrected chi connectivity index (χ1v) is 12.0. The Hall–Kier alpha value is -2.69. The average molecular weight is 455 g/mol. The highest BCUT2D eigenvalue weighted by Gasteiger charge is 2.35. The van der Waals surface area contributed by atoms with Crippen molar-refractivity contribution in [2.45, 2.75) is 63.9 Å². The van der Waals surface area contributed by atoms with Gasteiger partial charge in [0.25, 0.3) is 0 Å². The molecule has 2 aromatic rings. The number of hydrogen-bond donors (Lipinski definition) is 0. The molecule has 0 saturated heterocycles. The molecule has 0 heterocycles. The van der Waals surface area contributed by atoms with E-state index in [0.29, 0.717) is 11.5 Å². The zero-order valence-corrected chi connectivity index (χ0v) is 18.9. The second-order valence-electron chi connectivity index (χ2n) is 9.44. The van der Waals surface area contributed by atoms with E-state index in [2.05, 4.69) is 23.4 Å². The van der Waals surface area contributed by atoms with Gasteiger partial charge in [-0.05, 0) is 111 Å². The van der Waals surface area contributed by atoms with Gasteiger partial charge in [-0.15, -0.1) is 6.58 Å². The molecule has 0 spiro atoms. The van der Waals surface area contributed by atoms with Gasteiger partial charge in [-0.25, -0.2) is 4.79 Å². The van der Waals surface area contributed by atoms with E-state index in [0.717, 1.165) is 24.2 Å². The highest BCUT2D eigenvalue weighted by molar-refractivity contribution is 5.91. The number of fused-ring (bicyclic) bond motifs is 1. The first-order chi connectivity index (χ1) is 16.0. The lowest BCUT2D eigenvalue weighted by Crippen LogP contribution is -2.30. The Bertz CT molecular complexity index is 923. The fourth-order valence-electron chi connectivity index (χ4n) is 5.65. The number of carbonyl (C=O) groups excluding carboxylic acids is 1. The monoisotopic (exact) mass is 454 g/mol. The van der Waals surface area contributed by atoms with Crippen LogP contribution < -0.4 is 9.47 Å². The summed E-state index contributed by atoms with van der Waals surface area (Å²) in [6.07, 6.45) is 12.3. The van der Waals surface area contributed by atoms with E-state index in [1.54, 1.807) is 0 Å². The molecule has 4 unspecified atom stereocenters. The summed E-state index contributed by atoms with van der Waals surface area (Å²) in [6, 6.07) is 13.3. The number of carbonyl (C=O) groups is 1. The predicted molar refractivity (Wildman–Crippen MR) is 125 cm³/mol. The average Bonchev–Trinajstić information content (AvgIpc) is 2.83. The van der Waals surface area contributed by atoms with Crippen LogP contribution in [0.15, 0.2) is 61.2 Å². The molecule has 2 aromatic carbocycles. The van der Waals surface area contributed by atoms with E-state index >= 15 is 0 Å². The summed E-state index contributed by atoms with van der Waals surface area (Å²) >= 11 is 0. The van der Waals surface area contributed by atoms with Crippen molar-refractivity contribution in [3.8, 4) is 11.5 Å². The standard InChI is InChI=1S/C28H32F2O3/c1-2-3-4-19-5-6-24-18-23(12-11-22(24)17-19)20-7-9-21(10-8-20)27(31)32-25-13-15-26(16-14-25)33-28(29)30/h2,7-10,13-16,19,22-24,28H,1,3-6,11-12,17-18H2. The molecule has 4 rings (SSSR count). The molecule has 0 bridgehead atoms. The third-order valence-corrected chi connectivity index (χ3v) is 7.38. The fraction of sp³-hybridized carbons (Fsp3) is 0.464. The van der Waals surface area contributed by atoms with Crippen molar-refractivity contribution < 1.29 is 23.0 Å². The number of alkyl halides is 2.